The lowest BCUT2D eigenvalue weighted by Crippen LogP contribution is -2.37. The quantitative estimate of drug-likeness (QED) is 0.870. The number of methoxy groups -OCH3 is 1. The van der Waals surface area contributed by atoms with Crippen LogP contribution in [0.1, 0.15) is 12.0 Å². The van der Waals surface area contributed by atoms with E-state index in [0.29, 0.717) is 5.82 Å². The summed E-state index contributed by atoms with van der Waals surface area (Å²) in [6, 6.07) is 3.60. The number of aryl methyl sites for hydroxylation is 1. The number of nitrogens with one attached hydrogen (secondary N) is 1. The van der Waals surface area contributed by atoms with E-state index in [-0.39, 0.29) is 18.1 Å². The van der Waals surface area contributed by atoms with Crippen LogP contribution in [0.4, 0.5) is 5.82 Å². The molecule has 0 aliphatic carbocycles. The normalized spacial score (nSPS) is 24.2. The lowest BCUT2D eigenvalue weighted by Gasteiger charge is -2.17. The molecule has 2 atom stereocenters. The van der Waals surface area contributed by atoms with E-state index in [1.807, 2.05) is 31.0 Å². The van der Waals surface area contributed by atoms with Crippen LogP contribution in [-0.2, 0) is 9.53 Å². The summed E-state index contributed by atoms with van der Waals surface area (Å²) in [5.74, 6) is 0.577. The summed E-state index contributed by atoms with van der Waals surface area (Å²) in [5.41, 5.74) is 1.07. The highest BCUT2D eigenvalue weighted by Gasteiger charge is 2.34. The van der Waals surface area contributed by atoms with Gasteiger partial charge < -0.3 is 10.1 Å². The Labute approximate surface area is 107 Å². The van der Waals surface area contributed by atoms with Crippen LogP contribution >= 0.6 is 0 Å². The number of likely N-dealkylation sites (N-methyl/N-ethyl adjacent to an activating group) is 1. The number of hydrogen-bond acceptors (Lipinski definition) is 4. The minimum Gasteiger partial charge on any atom is -0.380 e. The monoisotopic (exact) mass is 249 g/mol. The first-order valence-electron chi connectivity index (χ1n) is 6.06. The molecule has 0 bridgehead atoms. The first-order valence-corrected chi connectivity index (χ1v) is 6.06. The minimum atomic E-state index is -0.141. The number of amides is 1. The zero-order valence-corrected chi connectivity index (χ0v) is 11.0. The van der Waals surface area contributed by atoms with Gasteiger partial charge in [0, 0.05) is 19.9 Å². The van der Waals surface area contributed by atoms with Crippen molar-refractivity contribution in [3.8, 4) is 0 Å². The largest absolute Gasteiger partial charge is 0.380 e. The average Bonchev–Trinajstić information content (AvgIpc) is 2.73. The average molecular weight is 249 g/mol. The number of anilines is 1. The van der Waals surface area contributed by atoms with Gasteiger partial charge in [0.25, 0.3) is 0 Å². The molecule has 18 heavy (non-hydrogen) atoms. The number of carbonyl (C=O) groups is 1. The molecule has 98 valence electrons. The van der Waals surface area contributed by atoms with Gasteiger partial charge in [-0.1, -0.05) is 6.07 Å². The molecule has 0 aromatic carbocycles. The number of hydrogen-bond donors (Lipinski definition) is 1. The van der Waals surface area contributed by atoms with Crippen molar-refractivity contribution >= 4 is 11.7 Å². The van der Waals surface area contributed by atoms with E-state index in [1.54, 1.807) is 13.3 Å². The Kier molecular flexibility index (Phi) is 3.93. The third-order valence-corrected chi connectivity index (χ3v) is 3.31. The maximum Gasteiger partial charge on any atom is 0.242 e. The number of likely N-dealkylation sites (tertiary alicyclic amines) is 1. The van der Waals surface area contributed by atoms with Crippen molar-refractivity contribution in [3.63, 3.8) is 0 Å². The van der Waals surface area contributed by atoms with Crippen LogP contribution < -0.4 is 5.32 Å². The van der Waals surface area contributed by atoms with Crippen molar-refractivity contribution in [2.24, 2.45) is 0 Å². The van der Waals surface area contributed by atoms with Gasteiger partial charge in [-0.25, -0.2) is 4.98 Å². The highest BCUT2D eigenvalue weighted by Crippen LogP contribution is 2.19. The molecule has 1 aromatic heterocycles. The van der Waals surface area contributed by atoms with Gasteiger partial charge >= 0.3 is 0 Å². The molecule has 2 rings (SSSR count). The number of ether oxygens (including phenoxy) is 1. The van der Waals surface area contributed by atoms with Crippen molar-refractivity contribution in [3.05, 3.63) is 23.9 Å². The Hall–Kier alpha value is -1.46. The Morgan fingerprint density at radius 2 is 2.33 bits per heavy atom. The lowest BCUT2D eigenvalue weighted by atomic mass is 10.2. The SMILES string of the molecule is CO[C@H]1C[C@@H](C(=O)Nc2ccc(C)cn2)N(C)C1. The summed E-state index contributed by atoms with van der Waals surface area (Å²) < 4.78 is 5.29. The van der Waals surface area contributed by atoms with E-state index in [1.165, 1.54) is 0 Å². The number of carbonyl (C=O) groups excluding carboxylic acids is 1. The summed E-state index contributed by atoms with van der Waals surface area (Å²) in [4.78, 5) is 18.3. The Bertz CT molecular complexity index is 419. The molecule has 2 heterocycles. The Balaban J connectivity index is 1.98. The van der Waals surface area contributed by atoms with Gasteiger partial charge in [-0.05, 0) is 32.0 Å². The van der Waals surface area contributed by atoms with Crippen LogP contribution in [0, 0.1) is 6.92 Å². The zero-order chi connectivity index (χ0) is 13.1. The van der Waals surface area contributed by atoms with Crippen LogP contribution in [0.5, 0.6) is 0 Å². The molecule has 1 fully saturated rings. The molecule has 1 aliphatic rings. The van der Waals surface area contributed by atoms with Gasteiger partial charge in [0.1, 0.15) is 5.82 Å². The summed E-state index contributed by atoms with van der Waals surface area (Å²) >= 11 is 0. The minimum absolute atomic E-state index is 0.0200. The molecular weight excluding hydrogens is 230 g/mol. The predicted molar refractivity (Wildman–Crippen MR) is 69.4 cm³/mol. The van der Waals surface area contributed by atoms with Crippen molar-refractivity contribution in [1.29, 1.82) is 0 Å². The number of pyridine rings is 1. The molecule has 5 heteroatoms. The van der Waals surface area contributed by atoms with Gasteiger partial charge in [0.2, 0.25) is 5.91 Å². The second kappa shape index (κ2) is 5.46. The van der Waals surface area contributed by atoms with Crippen LogP contribution in [-0.4, -0.2) is 48.6 Å². The molecule has 0 radical (unpaired) electrons. The summed E-state index contributed by atoms with van der Waals surface area (Å²) in [6.45, 7) is 2.75. The number of aromatic nitrogens is 1. The molecule has 0 saturated carbocycles. The first-order chi connectivity index (χ1) is 8.60. The van der Waals surface area contributed by atoms with E-state index >= 15 is 0 Å². The van der Waals surface area contributed by atoms with E-state index in [2.05, 4.69) is 10.3 Å². The molecule has 5 nitrogen and oxygen atoms in total. The topological polar surface area (TPSA) is 54.5 Å². The maximum absolute atomic E-state index is 12.1. The standard InChI is InChI=1S/C13H19N3O2/c1-9-4-5-12(14-7-9)15-13(17)11-6-10(18-3)8-16(11)2/h4-5,7,10-11H,6,8H2,1-3H3,(H,14,15,17)/t10-,11-/m0/s1. The van der Waals surface area contributed by atoms with Crippen molar-refractivity contribution in [1.82, 2.24) is 9.88 Å². The lowest BCUT2D eigenvalue weighted by molar-refractivity contribution is -0.120. The van der Waals surface area contributed by atoms with Crippen LogP contribution in [0.25, 0.3) is 0 Å². The fourth-order valence-electron chi connectivity index (χ4n) is 2.18. The van der Waals surface area contributed by atoms with Gasteiger partial charge in [-0.2, -0.15) is 0 Å². The predicted octanol–water partition coefficient (Wildman–Crippen LogP) is 1.05. The van der Waals surface area contributed by atoms with Crippen LogP contribution in [0.15, 0.2) is 18.3 Å². The van der Waals surface area contributed by atoms with Crippen LogP contribution in [0.3, 0.4) is 0 Å². The molecule has 1 amide bonds. The van der Waals surface area contributed by atoms with Crippen LogP contribution in [0.2, 0.25) is 0 Å². The maximum atomic E-state index is 12.1. The number of nitrogens with zero attached hydrogens (tertiary/aromatic N) is 2. The molecule has 0 spiro atoms. The van der Waals surface area contributed by atoms with Gasteiger partial charge in [0.05, 0.1) is 12.1 Å². The molecule has 1 saturated heterocycles. The smallest absolute Gasteiger partial charge is 0.242 e. The highest BCUT2D eigenvalue weighted by molar-refractivity contribution is 5.94. The third kappa shape index (κ3) is 2.86. The Morgan fingerprint density at radius 1 is 1.56 bits per heavy atom. The van der Waals surface area contributed by atoms with Crippen molar-refractivity contribution < 1.29 is 9.53 Å². The molecule has 1 N–H and O–H groups in total. The number of rotatable bonds is 3. The third-order valence-electron chi connectivity index (χ3n) is 3.31. The summed E-state index contributed by atoms with van der Waals surface area (Å²) in [5, 5.41) is 2.84. The van der Waals surface area contributed by atoms with E-state index < -0.39 is 0 Å². The zero-order valence-electron chi connectivity index (χ0n) is 11.0. The Morgan fingerprint density at radius 3 is 2.89 bits per heavy atom. The molecule has 1 aromatic rings. The fraction of sp³-hybridized carbons (Fsp3) is 0.538. The second-order valence-electron chi connectivity index (χ2n) is 4.76. The molecular formula is C13H19N3O2. The van der Waals surface area contributed by atoms with Gasteiger partial charge in [0.15, 0.2) is 0 Å². The second-order valence-corrected chi connectivity index (χ2v) is 4.76. The first kappa shape index (κ1) is 13.0. The van der Waals surface area contributed by atoms with E-state index in [9.17, 15) is 4.79 Å². The van der Waals surface area contributed by atoms with Gasteiger partial charge in [-0.3, -0.25) is 9.69 Å². The summed E-state index contributed by atoms with van der Waals surface area (Å²) in [6.07, 6.45) is 2.60. The van der Waals surface area contributed by atoms with Gasteiger partial charge in [-0.15, -0.1) is 0 Å². The fourth-order valence-corrected chi connectivity index (χ4v) is 2.18. The van der Waals surface area contributed by atoms with E-state index in [4.69, 9.17) is 4.74 Å². The van der Waals surface area contributed by atoms with Crippen molar-refractivity contribution in [2.45, 2.75) is 25.5 Å². The summed E-state index contributed by atoms with van der Waals surface area (Å²) in [7, 11) is 3.62. The highest BCUT2D eigenvalue weighted by atomic mass is 16.5. The van der Waals surface area contributed by atoms with Crippen molar-refractivity contribution in [2.75, 3.05) is 26.0 Å². The van der Waals surface area contributed by atoms with E-state index in [0.717, 1.165) is 18.5 Å². The molecule has 1 aliphatic heterocycles. The molecule has 0 unspecified atom stereocenters.